The number of anilines is 2. The van der Waals surface area contributed by atoms with Gasteiger partial charge in [0.05, 0.1) is 17.1 Å². The molecule has 3 rings (SSSR count). The number of hydrazone groups is 1. The van der Waals surface area contributed by atoms with Crippen LogP contribution in [0.3, 0.4) is 0 Å². The van der Waals surface area contributed by atoms with Gasteiger partial charge in [-0.15, -0.1) is 0 Å². The molecule has 1 aliphatic rings. The molecule has 0 saturated carbocycles. The third-order valence-electron chi connectivity index (χ3n) is 3.84. The van der Waals surface area contributed by atoms with E-state index in [4.69, 9.17) is 0 Å². The Labute approximate surface area is 136 Å². The fourth-order valence-electron chi connectivity index (χ4n) is 2.34. The molecule has 0 bridgehead atoms. The summed E-state index contributed by atoms with van der Waals surface area (Å²) in [5, 5.41) is 5.94. The first-order valence-corrected chi connectivity index (χ1v) is 7.55. The van der Waals surface area contributed by atoms with E-state index >= 15 is 0 Å². The van der Waals surface area contributed by atoms with Crippen LogP contribution in [0.4, 0.5) is 16.2 Å². The Kier molecular flexibility index (Phi) is 3.98. The number of nitrogens with zero attached hydrogens (tertiary/aromatic N) is 3. The third-order valence-corrected chi connectivity index (χ3v) is 3.84. The summed E-state index contributed by atoms with van der Waals surface area (Å²) in [5.41, 5.74) is 4.50. The number of carbonyl (C=O) groups excluding carboxylic acids is 1. The van der Waals surface area contributed by atoms with E-state index in [1.165, 1.54) is 5.01 Å². The van der Waals surface area contributed by atoms with Crippen molar-refractivity contribution in [3.8, 4) is 0 Å². The summed E-state index contributed by atoms with van der Waals surface area (Å²) in [6.45, 7) is 5.90. The highest BCUT2D eigenvalue weighted by Crippen LogP contribution is 2.25. The van der Waals surface area contributed by atoms with Gasteiger partial charge in [-0.2, -0.15) is 10.1 Å². The fraction of sp³-hybridized carbons (Fsp3) is 0.158. The summed E-state index contributed by atoms with van der Waals surface area (Å²) in [5.74, 6) is 0. The SMILES string of the molecule is CC1=CN(c2ccc(C)cc2)C(=O)N(c2ccccc2)N=C1C. The maximum Gasteiger partial charge on any atom is 0.353 e. The lowest BCUT2D eigenvalue weighted by Gasteiger charge is -2.24. The quantitative estimate of drug-likeness (QED) is 0.790. The normalized spacial score (nSPS) is 15.2. The monoisotopic (exact) mass is 305 g/mol. The Morgan fingerprint density at radius 2 is 1.48 bits per heavy atom. The van der Waals surface area contributed by atoms with E-state index in [1.807, 2.05) is 81.6 Å². The molecule has 0 aliphatic carbocycles. The van der Waals surface area contributed by atoms with Crippen molar-refractivity contribution >= 4 is 23.1 Å². The minimum absolute atomic E-state index is 0.198. The summed E-state index contributed by atoms with van der Waals surface area (Å²) in [4.78, 5) is 14.7. The number of benzene rings is 2. The molecule has 2 aromatic carbocycles. The molecule has 0 radical (unpaired) electrons. The number of rotatable bonds is 2. The first-order chi connectivity index (χ1) is 11.1. The molecule has 0 N–H and O–H groups in total. The number of para-hydroxylation sites is 1. The minimum Gasteiger partial charge on any atom is -0.268 e. The molecule has 1 aliphatic heterocycles. The van der Waals surface area contributed by atoms with Gasteiger partial charge in [-0.3, -0.25) is 4.90 Å². The Morgan fingerprint density at radius 1 is 0.826 bits per heavy atom. The number of hydrogen-bond acceptors (Lipinski definition) is 2. The Morgan fingerprint density at radius 3 is 2.13 bits per heavy atom. The summed E-state index contributed by atoms with van der Waals surface area (Å²) < 4.78 is 0. The number of amides is 2. The second-order valence-electron chi connectivity index (χ2n) is 5.63. The highest BCUT2D eigenvalue weighted by Gasteiger charge is 2.25. The third kappa shape index (κ3) is 3.01. The lowest BCUT2D eigenvalue weighted by atomic mass is 10.2. The van der Waals surface area contributed by atoms with Crippen LogP contribution in [-0.4, -0.2) is 11.7 Å². The van der Waals surface area contributed by atoms with E-state index in [0.717, 1.165) is 28.2 Å². The van der Waals surface area contributed by atoms with E-state index in [2.05, 4.69) is 5.10 Å². The molecule has 0 aromatic heterocycles. The molecule has 2 aromatic rings. The van der Waals surface area contributed by atoms with Crippen LogP contribution < -0.4 is 9.91 Å². The van der Waals surface area contributed by atoms with Gasteiger partial charge in [-0.25, -0.2) is 4.79 Å². The summed E-state index contributed by atoms with van der Waals surface area (Å²) in [7, 11) is 0. The molecule has 23 heavy (non-hydrogen) atoms. The lowest BCUT2D eigenvalue weighted by molar-refractivity contribution is 0.253. The Balaban J connectivity index is 2.07. The van der Waals surface area contributed by atoms with Crippen LogP contribution >= 0.6 is 0 Å². The van der Waals surface area contributed by atoms with E-state index in [9.17, 15) is 4.79 Å². The first-order valence-electron chi connectivity index (χ1n) is 7.55. The molecule has 0 unspecified atom stereocenters. The van der Waals surface area contributed by atoms with E-state index in [1.54, 1.807) is 4.90 Å². The van der Waals surface area contributed by atoms with Gasteiger partial charge in [0, 0.05) is 6.20 Å². The van der Waals surface area contributed by atoms with Crippen LogP contribution in [0.25, 0.3) is 0 Å². The molecule has 4 nitrogen and oxygen atoms in total. The predicted molar refractivity (Wildman–Crippen MR) is 94.8 cm³/mol. The summed E-state index contributed by atoms with van der Waals surface area (Å²) in [6.07, 6.45) is 1.84. The Hall–Kier alpha value is -2.88. The number of hydrogen-bond donors (Lipinski definition) is 0. The number of urea groups is 1. The number of carbonyl (C=O) groups is 1. The van der Waals surface area contributed by atoms with E-state index in [-0.39, 0.29) is 6.03 Å². The molecule has 0 saturated heterocycles. The van der Waals surface area contributed by atoms with Crippen LogP contribution in [0.2, 0.25) is 0 Å². The number of aryl methyl sites for hydroxylation is 1. The average Bonchev–Trinajstić information content (AvgIpc) is 2.68. The van der Waals surface area contributed by atoms with Gasteiger partial charge in [-0.05, 0) is 50.6 Å². The number of allylic oxidation sites excluding steroid dienone is 1. The van der Waals surface area contributed by atoms with Gasteiger partial charge in [0.25, 0.3) is 0 Å². The van der Waals surface area contributed by atoms with Gasteiger partial charge in [0.1, 0.15) is 0 Å². The van der Waals surface area contributed by atoms with Gasteiger partial charge in [0.15, 0.2) is 0 Å². The Bertz CT molecular complexity index is 776. The zero-order valence-electron chi connectivity index (χ0n) is 13.5. The van der Waals surface area contributed by atoms with Crippen LogP contribution in [0, 0.1) is 6.92 Å². The largest absolute Gasteiger partial charge is 0.353 e. The van der Waals surface area contributed by atoms with Crippen molar-refractivity contribution in [2.75, 3.05) is 9.91 Å². The molecule has 0 fully saturated rings. The van der Waals surface area contributed by atoms with E-state index < -0.39 is 0 Å². The highest BCUT2D eigenvalue weighted by molar-refractivity contribution is 6.10. The van der Waals surface area contributed by atoms with Crippen molar-refractivity contribution in [2.45, 2.75) is 20.8 Å². The zero-order chi connectivity index (χ0) is 16.4. The average molecular weight is 305 g/mol. The lowest BCUT2D eigenvalue weighted by Crippen LogP contribution is -2.37. The van der Waals surface area contributed by atoms with Crippen molar-refractivity contribution in [1.82, 2.24) is 0 Å². The summed E-state index contributed by atoms with van der Waals surface area (Å²) in [6, 6.07) is 17.2. The molecule has 1 heterocycles. The zero-order valence-corrected chi connectivity index (χ0v) is 13.5. The van der Waals surface area contributed by atoms with Crippen molar-refractivity contribution < 1.29 is 4.79 Å². The molecule has 0 atom stereocenters. The van der Waals surface area contributed by atoms with E-state index in [0.29, 0.717) is 0 Å². The topological polar surface area (TPSA) is 35.9 Å². The van der Waals surface area contributed by atoms with Crippen LogP contribution in [0.5, 0.6) is 0 Å². The van der Waals surface area contributed by atoms with Crippen molar-refractivity contribution in [3.63, 3.8) is 0 Å². The van der Waals surface area contributed by atoms with Gasteiger partial charge < -0.3 is 0 Å². The van der Waals surface area contributed by atoms with Crippen molar-refractivity contribution in [2.24, 2.45) is 5.10 Å². The standard InChI is InChI=1S/C19H19N3O/c1-14-9-11-17(12-10-14)21-13-15(2)16(3)20-22(19(21)23)18-7-5-4-6-8-18/h4-13H,1-3H3. The molecule has 2 amide bonds. The smallest absolute Gasteiger partial charge is 0.268 e. The second kappa shape index (κ2) is 6.08. The first kappa shape index (κ1) is 15.0. The van der Waals surface area contributed by atoms with Gasteiger partial charge in [-0.1, -0.05) is 35.9 Å². The predicted octanol–water partition coefficient (Wildman–Crippen LogP) is 4.72. The molecule has 4 heteroatoms. The maximum absolute atomic E-state index is 13.0. The van der Waals surface area contributed by atoms with Crippen molar-refractivity contribution in [1.29, 1.82) is 0 Å². The summed E-state index contributed by atoms with van der Waals surface area (Å²) >= 11 is 0. The fourth-order valence-corrected chi connectivity index (χ4v) is 2.34. The van der Waals surface area contributed by atoms with Gasteiger partial charge >= 0.3 is 6.03 Å². The molecule has 0 spiro atoms. The molecule has 116 valence electrons. The second-order valence-corrected chi connectivity index (χ2v) is 5.63. The molecular weight excluding hydrogens is 286 g/mol. The van der Waals surface area contributed by atoms with Crippen LogP contribution in [0.1, 0.15) is 19.4 Å². The minimum atomic E-state index is -0.198. The maximum atomic E-state index is 13.0. The highest BCUT2D eigenvalue weighted by atomic mass is 16.2. The molecular formula is C19H19N3O. The van der Waals surface area contributed by atoms with Crippen molar-refractivity contribution in [3.05, 3.63) is 71.9 Å². The van der Waals surface area contributed by atoms with Crippen LogP contribution in [-0.2, 0) is 0 Å². The van der Waals surface area contributed by atoms with Gasteiger partial charge in [0.2, 0.25) is 0 Å². The van der Waals surface area contributed by atoms with Crippen LogP contribution in [0.15, 0.2) is 71.5 Å².